The first-order chi connectivity index (χ1) is 17.7. The van der Waals surface area contributed by atoms with E-state index in [-0.39, 0.29) is 23.1 Å². The number of amides is 2. The van der Waals surface area contributed by atoms with Crippen molar-refractivity contribution in [2.45, 2.75) is 33.6 Å². The Morgan fingerprint density at radius 3 is 2.32 bits per heavy atom. The number of nitro groups is 1. The van der Waals surface area contributed by atoms with Gasteiger partial charge in [-0.25, -0.2) is 0 Å². The normalized spacial score (nSPS) is 16.7. The lowest BCUT2D eigenvalue weighted by molar-refractivity contribution is -0.384. The van der Waals surface area contributed by atoms with Crippen LogP contribution in [0.1, 0.15) is 44.0 Å². The van der Waals surface area contributed by atoms with Gasteiger partial charge in [-0.2, -0.15) is 0 Å². The first-order valence-electron chi connectivity index (χ1n) is 12.8. The SMILES string of the molecule is CC1CCN(c2ccc([N+](=O)[O-])cc2C(=O)Nc2cccc(Cl)c2N2CCN(C(=O)C(C)C)CC2)CC1. The van der Waals surface area contributed by atoms with Crippen molar-refractivity contribution >= 4 is 46.2 Å². The predicted octanol–water partition coefficient (Wildman–Crippen LogP) is 5.04. The van der Waals surface area contributed by atoms with E-state index in [1.807, 2.05) is 18.7 Å². The van der Waals surface area contributed by atoms with Gasteiger partial charge in [0.05, 0.1) is 32.6 Å². The van der Waals surface area contributed by atoms with Crippen LogP contribution < -0.4 is 15.1 Å². The average Bonchev–Trinajstić information content (AvgIpc) is 2.88. The van der Waals surface area contributed by atoms with Crippen LogP contribution >= 0.6 is 11.6 Å². The number of hydrogen-bond acceptors (Lipinski definition) is 6. The van der Waals surface area contributed by atoms with Crippen LogP contribution in [-0.4, -0.2) is 60.9 Å². The third-order valence-electron chi connectivity index (χ3n) is 7.20. The number of nitrogens with one attached hydrogen (secondary N) is 1. The topological polar surface area (TPSA) is 99.0 Å². The fraction of sp³-hybridized carbons (Fsp3) is 0.481. The Hall–Kier alpha value is -3.33. The lowest BCUT2D eigenvalue weighted by atomic mass is 9.97. The van der Waals surface area contributed by atoms with E-state index >= 15 is 0 Å². The van der Waals surface area contributed by atoms with E-state index in [1.165, 1.54) is 12.1 Å². The minimum atomic E-state index is -0.485. The molecular formula is C27H34ClN5O4. The number of rotatable bonds is 6. The lowest BCUT2D eigenvalue weighted by Gasteiger charge is -2.38. The van der Waals surface area contributed by atoms with E-state index in [0.29, 0.717) is 54.2 Å². The van der Waals surface area contributed by atoms with Gasteiger partial charge in [0.25, 0.3) is 11.6 Å². The Kier molecular flexibility index (Phi) is 8.22. The number of piperidine rings is 1. The van der Waals surface area contributed by atoms with Crippen LogP contribution in [0.4, 0.5) is 22.7 Å². The third-order valence-corrected chi connectivity index (χ3v) is 7.50. The van der Waals surface area contributed by atoms with E-state index in [0.717, 1.165) is 25.9 Å². The number of nitrogens with zero attached hydrogens (tertiary/aromatic N) is 4. The van der Waals surface area contributed by atoms with Gasteiger partial charge < -0.3 is 20.0 Å². The van der Waals surface area contributed by atoms with Gasteiger partial charge in [0.2, 0.25) is 5.91 Å². The van der Waals surface area contributed by atoms with Crippen molar-refractivity contribution in [1.29, 1.82) is 0 Å². The van der Waals surface area contributed by atoms with E-state index < -0.39 is 10.8 Å². The van der Waals surface area contributed by atoms with Crippen molar-refractivity contribution in [1.82, 2.24) is 4.90 Å². The highest BCUT2D eigenvalue weighted by Crippen LogP contribution is 2.36. The summed E-state index contributed by atoms with van der Waals surface area (Å²) in [5, 5.41) is 15.0. The van der Waals surface area contributed by atoms with E-state index in [4.69, 9.17) is 11.6 Å². The summed E-state index contributed by atoms with van der Waals surface area (Å²) in [4.78, 5) is 43.1. The largest absolute Gasteiger partial charge is 0.371 e. The van der Waals surface area contributed by atoms with E-state index in [2.05, 4.69) is 22.0 Å². The quantitative estimate of drug-likeness (QED) is 0.417. The van der Waals surface area contributed by atoms with Gasteiger partial charge >= 0.3 is 0 Å². The molecule has 2 aliphatic heterocycles. The first-order valence-corrected chi connectivity index (χ1v) is 13.2. The minimum Gasteiger partial charge on any atom is -0.371 e. The molecule has 9 nitrogen and oxygen atoms in total. The van der Waals surface area contributed by atoms with Crippen LogP contribution in [0.3, 0.4) is 0 Å². The Bertz CT molecular complexity index is 1170. The summed E-state index contributed by atoms with van der Waals surface area (Å²) in [6.07, 6.45) is 2.00. The van der Waals surface area contributed by atoms with Crippen LogP contribution in [0.2, 0.25) is 5.02 Å². The zero-order valence-electron chi connectivity index (χ0n) is 21.6. The highest BCUT2D eigenvalue weighted by atomic mass is 35.5. The van der Waals surface area contributed by atoms with Gasteiger partial charge in [0.1, 0.15) is 0 Å². The van der Waals surface area contributed by atoms with Crippen molar-refractivity contribution in [3.63, 3.8) is 0 Å². The van der Waals surface area contributed by atoms with Crippen LogP contribution in [0.25, 0.3) is 0 Å². The average molecular weight is 528 g/mol. The van der Waals surface area contributed by atoms with Crippen molar-refractivity contribution in [3.8, 4) is 0 Å². The molecule has 10 heteroatoms. The van der Waals surface area contributed by atoms with Gasteiger partial charge in [-0.1, -0.05) is 38.4 Å². The number of carbonyl (C=O) groups is 2. The second kappa shape index (κ2) is 11.4. The highest BCUT2D eigenvalue weighted by Gasteiger charge is 2.27. The maximum Gasteiger partial charge on any atom is 0.270 e. The van der Waals surface area contributed by atoms with Gasteiger partial charge in [-0.05, 0) is 37.0 Å². The molecule has 198 valence electrons. The molecule has 2 aliphatic rings. The maximum atomic E-state index is 13.6. The number of anilines is 3. The number of carbonyl (C=O) groups excluding carboxylic acids is 2. The van der Waals surface area contributed by atoms with Gasteiger partial charge in [-0.3, -0.25) is 19.7 Å². The fourth-order valence-electron chi connectivity index (χ4n) is 4.99. The molecule has 0 spiro atoms. The van der Waals surface area contributed by atoms with Crippen LogP contribution in [-0.2, 0) is 4.79 Å². The van der Waals surface area contributed by atoms with Crippen LogP contribution in [0.5, 0.6) is 0 Å². The van der Waals surface area contributed by atoms with Crippen molar-refractivity contribution in [2.24, 2.45) is 11.8 Å². The predicted molar refractivity (Wildman–Crippen MR) is 147 cm³/mol. The molecule has 0 aromatic heterocycles. The van der Waals surface area contributed by atoms with Gasteiger partial charge in [0, 0.05) is 57.3 Å². The second-order valence-corrected chi connectivity index (χ2v) is 10.6. The summed E-state index contributed by atoms with van der Waals surface area (Å²) in [6.45, 7) is 9.88. The molecule has 2 aromatic carbocycles. The standard InChI is InChI=1S/C27H34ClN5O4/c1-18(2)27(35)32-15-13-31(14-16-32)25-22(28)5-4-6-23(25)29-26(34)21-17-20(33(36)37)7-8-24(21)30-11-9-19(3)10-12-30/h4-8,17-19H,9-16H2,1-3H3,(H,29,34). The Morgan fingerprint density at radius 2 is 1.70 bits per heavy atom. The molecule has 2 heterocycles. The van der Waals surface area contributed by atoms with Crippen LogP contribution in [0.15, 0.2) is 36.4 Å². The zero-order chi connectivity index (χ0) is 26.7. The molecule has 2 amide bonds. The number of nitro benzene ring substituents is 1. The van der Waals surface area contributed by atoms with Gasteiger partial charge in [0.15, 0.2) is 0 Å². The number of non-ortho nitro benzene ring substituents is 1. The third kappa shape index (κ3) is 5.98. The van der Waals surface area contributed by atoms with Crippen molar-refractivity contribution in [3.05, 3.63) is 57.1 Å². The fourth-order valence-corrected chi connectivity index (χ4v) is 5.28. The first kappa shape index (κ1) is 26.7. The molecule has 0 saturated carbocycles. The molecular weight excluding hydrogens is 494 g/mol. The number of para-hydroxylation sites is 1. The van der Waals surface area contributed by atoms with E-state index in [9.17, 15) is 19.7 Å². The number of benzene rings is 2. The summed E-state index contributed by atoms with van der Waals surface area (Å²) in [5.74, 6) is 0.248. The molecule has 2 aromatic rings. The summed E-state index contributed by atoms with van der Waals surface area (Å²) >= 11 is 6.60. The van der Waals surface area contributed by atoms with Crippen LogP contribution in [0, 0.1) is 22.0 Å². The second-order valence-electron chi connectivity index (χ2n) is 10.2. The van der Waals surface area contributed by atoms with Crippen molar-refractivity contribution in [2.75, 3.05) is 54.4 Å². The molecule has 37 heavy (non-hydrogen) atoms. The Balaban J connectivity index is 1.60. The monoisotopic (exact) mass is 527 g/mol. The minimum absolute atomic E-state index is 0.0612. The Morgan fingerprint density at radius 1 is 1.03 bits per heavy atom. The molecule has 0 atom stereocenters. The summed E-state index contributed by atoms with van der Waals surface area (Å²) in [5.41, 5.74) is 2.05. The molecule has 0 radical (unpaired) electrons. The molecule has 4 rings (SSSR count). The summed E-state index contributed by atoms with van der Waals surface area (Å²) in [6, 6.07) is 9.79. The smallest absolute Gasteiger partial charge is 0.270 e. The molecule has 2 fully saturated rings. The van der Waals surface area contributed by atoms with E-state index in [1.54, 1.807) is 24.3 Å². The van der Waals surface area contributed by atoms with Gasteiger partial charge in [-0.15, -0.1) is 0 Å². The highest BCUT2D eigenvalue weighted by molar-refractivity contribution is 6.34. The van der Waals surface area contributed by atoms with Crippen molar-refractivity contribution < 1.29 is 14.5 Å². The zero-order valence-corrected chi connectivity index (χ0v) is 22.3. The number of hydrogen-bond donors (Lipinski definition) is 1. The molecule has 0 aliphatic carbocycles. The Labute approximate surface area is 222 Å². The maximum absolute atomic E-state index is 13.6. The lowest BCUT2D eigenvalue weighted by Crippen LogP contribution is -2.50. The molecule has 1 N–H and O–H groups in total. The summed E-state index contributed by atoms with van der Waals surface area (Å²) < 4.78 is 0. The number of piperazine rings is 1. The number of halogens is 1. The molecule has 0 bridgehead atoms. The summed E-state index contributed by atoms with van der Waals surface area (Å²) in [7, 11) is 0. The molecule has 0 unspecified atom stereocenters. The molecule has 2 saturated heterocycles.